The van der Waals surface area contributed by atoms with Crippen LogP contribution in [0.4, 0.5) is 4.79 Å². The van der Waals surface area contributed by atoms with Gasteiger partial charge in [0.2, 0.25) is 0 Å². The first kappa shape index (κ1) is 11.0. The van der Waals surface area contributed by atoms with Crippen molar-refractivity contribution >= 4 is 11.9 Å². The first-order valence-electron chi connectivity index (χ1n) is 6.90. The number of imide groups is 1. The Kier molecular flexibility index (Phi) is 2.22. The number of nitrogens with one attached hydrogen (secondary N) is 1. The number of urea groups is 1. The van der Waals surface area contributed by atoms with Crippen molar-refractivity contribution in [1.29, 1.82) is 0 Å². The highest BCUT2D eigenvalue weighted by Gasteiger charge is 2.50. The fourth-order valence-corrected chi connectivity index (χ4v) is 3.55. The smallest absolute Gasteiger partial charge is 0.328 e. The van der Waals surface area contributed by atoms with E-state index in [1.165, 1.54) is 4.90 Å². The normalized spacial score (nSPS) is 27.1. The van der Waals surface area contributed by atoms with E-state index in [9.17, 15) is 9.59 Å². The number of amides is 3. The molecule has 0 bridgehead atoms. The van der Waals surface area contributed by atoms with Gasteiger partial charge in [0.15, 0.2) is 0 Å². The molecule has 4 rings (SSSR count). The number of hydrogen-bond acceptors (Lipinski definition) is 3. The van der Waals surface area contributed by atoms with E-state index in [0.29, 0.717) is 13.0 Å². The van der Waals surface area contributed by atoms with Gasteiger partial charge in [-0.25, -0.2) is 9.78 Å². The van der Waals surface area contributed by atoms with Crippen molar-refractivity contribution in [2.75, 3.05) is 0 Å². The molecule has 1 atom stereocenters. The van der Waals surface area contributed by atoms with E-state index in [4.69, 9.17) is 0 Å². The van der Waals surface area contributed by atoms with Crippen molar-refractivity contribution in [2.45, 2.75) is 50.7 Å². The van der Waals surface area contributed by atoms with Crippen molar-refractivity contribution < 1.29 is 9.59 Å². The standard InChI is InChI=1S/C13H16N4O2/c18-12-11-5-9-10(15-7-14-9)6-16(11)13(19)17(12)8-3-1-2-4-8/h7-8,11H,1-6H2,(H,14,15). The molecule has 1 unspecified atom stereocenters. The fourth-order valence-electron chi connectivity index (χ4n) is 3.55. The van der Waals surface area contributed by atoms with Crippen molar-refractivity contribution in [3.05, 3.63) is 17.7 Å². The molecule has 19 heavy (non-hydrogen) atoms. The molecule has 6 heteroatoms. The van der Waals surface area contributed by atoms with E-state index >= 15 is 0 Å². The maximum absolute atomic E-state index is 12.5. The summed E-state index contributed by atoms with van der Waals surface area (Å²) < 4.78 is 0. The number of fused-ring (bicyclic) bond motifs is 2. The Hall–Kier alpha value is -1.85. The zero-order valence-electron chi connectivity index (χ0n) is 10.6. The van der Waals surface area contributed by atoms with E-state index in [-0.39, 0.29) is 24.0 Å². The number of imidazole rings is 1. The van der Waals surface area contributed by atoms with Crippen LogP contribution in [0.1, 0.15) is 37.1 Å². The maximum atomic E-state index is 12.5. The zero-order valence-corrected chi connectivity index (χ0v) is 10.6. The van der Waals surface area contributed by atoms with Gasteiger partial charge in [0.1, 0.15) is 6.04 Å². The molecule has 1 aliphatic carbocycles. The second kappa shape index (κ2) is 3.82. The van der Waals surface area contributed by atoms with Crippen molar-refractivity contribution in [3.8, 4) is 0 Å². The van der Waals surface area contributed by atoms with Crippen LogP contribution in [0.2, 0.25) is 0 Å². The van der Waals surface area contributed by atoms with E-state index in [1.807, 2.05) is 0 Å². The second-order valence-corrected chi connectivity index (χ2v) is 5.60. The van der Waals surface area contributed by atoms with E-state index in [2.05, 4.69) is 9.97 Å². The predicted molar refractivity (Wildman–Crippen MR) is 66.1 cm³/mol. The van der Waals surface area contributed by atoms with Crippen LogP contribution in [0.25, 0.3) is 0 Å². The van der Waals surface area contributed by atoms with Crippen LogP contribution in [0.15, 0.2) is 6.33 Å². The summed E-state index contributed by atoms with van der Waals surface area (Å²) in [6, 6.07) is -0.317. The van der Waals surface area contributed by atoms with Crippen molar-refractivity contribution in [3.63, 3.8) is 0 Å². The molecule has 1 saturated carbocycles. The summed E-state index contributed by atoms with van der Waals surface area (Å²) in [6.07, 6.45) is 6.34. The quantitative estimate of drug-likeness (QED) is 0.767. The van der Waals surface area contributed by atoms with E-state index in [1.54, 1.807) is 11.2 Å². The molecular formula is C13H16N4O2. The van der Waals surface area contributed by atoms with Crippen LogP contribution in [0.3, 0.4) is 0 Å². The third-order valence-electron chi connectivity index (χ3n) is 4.56. The highest BCUT2D eigenvalue weighted by molar-refractivity contribution is 6.04. The van der Waals surface area contributed by atoms with Gasteiger partial charge in [0.25, 0.3) is 5.91 Å². The largest absolute Gasteiger partial charge is 0.347 e. The average Bonchev–Trinajstić information content (AvgIpc) is 3.10. The Bertz CT molecular complexity index is 508. The lowest BCUT2D eigenvalue weighted by Gasteiger charge is -2.25. The molecule has 0 spiro atoms. The zero-order chi connectivity index (χ0) is 13.0. The first-order chi connectivity index (χ1) is 9.25. The van der Waals surface area contributed by atoms with Gasteiger partial charge in [-0.1, -0.05) is 12.8 Å². The molecule has 1 saturated heterocycles. The van der Waals surface area contributed by atoms with Gasteiger partial charge in [-0.05, 0) is 12.8 Å². The van der Waals surface area contributed by atoms with Crippen molar-refractivity contribution in [2.24, 2.45) is 0 Å². The lowest BCUT2D eigenvalue weighted by molar-refractivity contribution is -0.129. The lowest BCUT2D eigenvalue weighted by atomic mass is 10.0. The summed E-state index contributed by atoms with van der Waals surface area (Å²) in [5, 5.41) is 0. The molecule has 3 aliphatic rings. The minimum absolute atomic E-state index is 0.0226. The average molecular weight is 260 g/mol. The molecule has 1 aromatic rings. The molecule has 3 amide bonds. The minimum Gasteiger partial charge on any atom is -0.347 e. The van der Waals surface area contributed by atoms with Crippen molar-refractivity contribution in [1.82, 2.24) is 19.8 Å². The molecule has 3 heterocycles. The minimum atomic E-state index is -0.330. The van der Waals surface area contributed by atoms with Gasteiger partial charge in [-0.3, -0.25) is 9.69 Å². The Morgan fingerprint density at radius 2 is 2.05 bits per heavy atom. The van der Waals surface area contributed by atoms with Gasteiger partial charge in [0, 0.05) is 12.5 Å². The molecule has 100 valence electrons. The topological polar surface area (TPSA) is 69.3 Å². The molecule has 1 N–H and O–H groups in total. The van der Waals surface area contributed by atoms with Crippen LogP contribution in [-0.2, 0) is 17.8 Å². The van der Waals surface area contributed by atoms with Gasteiger partial charge in [0.05, 0.1) is 24.3 Å². The maximum Gasteiger partial charge on any atom is 0.328 e. The van der Waals surface area contributed by atoms with Gasteiger partial charge >= 0.3 is 6.03 Å². The highest BCUT2D eigenvalue weighted by Crippen LogP contribution is 2.33. The molecule has 1 aromatic heterocycles. The molecule has 0 radical (unpaired) electrons. The number of carbonyl (C=O) groups excluding carboxylic acids is 2. The van der Waals surface area contributed by atoms with E-state index in [0.717, 1.165) is 37.1 Å². The third-order valence-corrected chi connectivity index (χ3v) is 4.56. The highest BCUT2D eigenvalue weighted by atomic mass is 16.2. The van der Waals surface area contributed by atoms with Gasteiger partial charge in [-0.15, -0.1) is 0 Å². The number of aromatic nitrogens is 2. The number of hydrogen-bond donors (Lipinski definition) is 1. The summed E-state index contributed by atoms with van der Waals surface area (Å²) in [5.41, 5.74) is 1.89. The summed E-state index contributed by atoms with van der Waals surface area (Å²) in [5.74, 6) is -0.0226. The summed E-state index contributed by atoms with van der Waals surface area (Å²) in [6.45, 7) is 0.480. The Morgan fingerprint density at radius 3 is 2.84 bits per heavy atom. The Balaban J connectivity index is 1.66. The molecule has 0 aromatic carbocycles. The van der Waals surface area contributed by atoms with Gasteiger partial charge in [-0.2, -0.15) is 0 Å². The summed E-state index contributed by atoms with van der Waals surface area (Å²) >= 11 is 0. The number of nitrogens with zero attached hydrogens (tertiary/aromatic N) is 3. The number of carbonyl (C=O) groups is 2. The predicted octanol–water partition coefficient (Wildman–Crippen LogP) is 1.04. The second-order valence-electron chi connectivity index (χ2n) is 5.60. The number of aromatic amines is 1. The summed E-state index contributed by atoms with van der Waals surface area (Å²) in [4.78, 5) is 35.5. The monoisotopic (exact) mass is 260 g/mol. The summed E-state index contributed by atoms with van der Waals surface area (Å²) in [7, 11) is 0. The van der Waals surface area contributed by atoms with Crippen LogP contribution in [0, 0.1) is 0 Å². The molecule has 6 nitrogen and oxygen atoms in total. The van der Waals surface area contributed by atoms with Crippen LogP contribution >= 0.6 is 0 Å². The lowest BCUT2D eigenvalue weighted by Crippen LogP contribution is -2.40. The molecule has 2 aliphatic heterocycles. The molecule has 2 fully saturated rings. The third kappa shape index (κ3) is 1.45. The SMILES string of the molecule is O=C1C2Cc3nc[nH]c3CN2C(=O)N1C1CCCC1. The van der Waals surface area contributed by atoms with E-state index < -0.39 is 0 Å². The molecular weight excluding hydrogens is 244 g/mol. The van der Waals surface area contributed by atoms with Crippen LogP contribution < -0.4 is 0 Å². The number of H-pyrrole nitrogens is 1. The van der Waals surface area contributed by atoms with Gasteiger partial charge < -0.3 is 9.88 Å². The Labute approximate surface area is 110 Å². The Morgan fingerprint density at radius 1 is 1.26 bits per heavy atom. The van der Waals surface area contributed by atoms with Crippen LogP contribution in [-0.4, -0.2) is 43.8 Å². The van der Waals surface area contributed by atoms with Crippen LogP contribution in [0.5, 0.6) is 0 Å². The fraction of sp³-hybridized carbons (Fsp3) is 0.615. The number of rotatable bonds is 1. The first-order valence-corrected chi connectivity index (χ1v) is 6.90.